The number of carbonyl (C=O) groups excluding carboxylic acids is 1. The number of H-pyrrole nitrogens is 1. The van der Waals surface area contributed by atoms with Gasteiger partial charge in [-0.2, -0.15) is 9.67 Å². The van der Waals surface area contributed by atoms with Gasteiger partial charge >= 0.3 is 0 Å². The van der Waals surface area contributed by atoms with E-state index in [0.717, 1.165) is 0 Å². The number of aromatic nitrogens is 5. The molecular formula is C14H20N6O4. The summed E-state index contributed by atoms with van der Waals surface area (Å²) < 4.78 is 7.11. The Morgan fingerprint density at radius 3 is 2.92 bits per heavy atom. The van der Waals surface area contributed by atoms with Gasteiger partial charge in [-0.25, -0.2) is 0 Å². The van der Waals surface area contributed by atoms with E-state index in [1.54, 1.807) is 13.8 Å². The van der Waals surface area contributed by atoms with Crippen molar-refractivity contribution in [2.75, 3.05) is 5.32 Å². The second kappa shape index (κ2) is 6.29. The number of amides is 1. The highest BCUT2D eigenvalue weighted by Crippen LogP contribution is 2.30. The molecule has 0 spiro atoms. The number of nitrogens with zero attached hydrogens (tertiary/aromatic N) is 4. The lowest BCUT2D eigenvalue weighted by atomic mass is 10.1. The third kappa shape index (κ3) is 2.89. The number of anilines is 1. The molecule has 1 amide bonds. The van der Waals surface area contributed by atoms with E-state index in [2.05, 4.69) is 25.6 Å². The third-order valence-electron chi connectivity index (χ3n) is 3.98. The molecule has 3 rings (SSSR count). The number of aliphatic hydroxyl groups is 1. The van der Waals surface area contributed by atoms with Crippen molar-refractivity contribution < 1.29 is 14.6 Å². The van der Waals surface area contributed by atoms with Crippen LogP contribution in [0.2, 0.25) is 0 Å². The largest absolute Gasteiger partial charge is 0.390 e. The van der Waals surface area contributed by atoms with Gasteiger partial charge in [0.15, 0.2) is 17.4 Å². The Hall–Kier alpha value is -2.33. The first-order valence-corrected chi connectivity index (χ1v) is 7.90. The molecule has 0 aliphatic carbocycles. The Morgan fingerprint density at radius 2 is 2.29 bits per heavy atom. The lowest BCUT2D eigenvalue weighted by Gasteiger charge is -2.12. The maximum atomic E-state index is 12.1. The first-order valence-electron chi connectivity index (χ1n) is 7.90. The van der Waals surface area contributed by atoms with Crippen molar-refractivity contribution >= 4 is 23.0 Å². The summed E-state index contributed by atoms with van der Waals surface area (Å²) in [6, 6.07) is 0. The summed E-state index contributed by atoms with van der Waals surface area (Å²) in [5, 5.41) is 20.3. The Labute approximate surface area is 137 Å². The predicted molar refractivity (Wildman–Crippen MR) is 84.2 cm³/mol. The van der Waals surface area contributed by atoms with E-state index in [1.807, 2.05) is 6.92 Å². The molecular weight excluding hydrogens is 316 g/mol. The minimum absolute atomic E-state index is 0.0281. The molecule has 3 heterocycles. The molecule has 2 aromatic heterocycles. The Morgan fingerprint density at radius 1 is 1.54 bits per heavy atom. The fourth-order valence-corrected chi connectivity index (χ4v) is 2.59. The normalized spacial score (nSPS) is 24.0. The smallest absolute Gasteiger partial charge is 0.282 e. The topological polar surface area (TPSA) is 135 Å². The highest BCUT2D eigenvalue weighted by atomic mass is 16.5. The van der Waals surface area contributed by atoms with E-state index in [0.29, 0.717) is 12.8 Å². The summed E-state index contributed by atoms with van der Waals surface area (Å²) in [5.41, 5.74) is -0.252. The van der Waals surface area contributed by atoms with Gasteiger partial charge < -0.3 is 9.84 Å². The molecule has 0 saturated carbocycles. The summed E-state index contributed by atoms with van der Waals surface area (Å²) in [4.78, 5) is 30.6. The van der Waals surface area contributed by atoms with E-state index in [4.69, 9.17) is 4.74 Å². The molecule has 10 nitrogen and oxygen atoms in total. The summed E-state index contributed by atoms with van der Waals surface area (Å²) in [5.74, 6) is -0.497. The second-order valence-corrected chi connectivity index (χ2v) is 6.11. The zero-order chi connectivity index (χ0) is 17.4. The molecule has 130 valence electrons. The average molecular weight is 336 g/mol. The van der Waals surface area contributed by atoms with E-state index >= 15 is 0 Å². The number of carbonyl (C=O) groups is 1. The van der Waals surface area contributed by atoms with Gasteiger partial charge in [-0.1, -0.05) is 26.0 Å². The van der Waals surface area contributed by atoms with Crippen LogP contribution in [-0.4, -0.2) is 48.2 Å². The van der Waals surface area contributed by atoms with Gasteiger partial charge in [0.05, 0.1) is 12.2 Å². The van der Waals surface area contributed by atoms with Crippen LogP contribution in [0.3, 0.4) is 0 Å². The van der Waals surface area contributed by atoms with Crippen LogP contribution in [0.15, 0.2) is 4.79 Å². The number of fused-ring (bicyclic) bond motifs is 1. The maximum Gasteiger partial charge on any atom is 0.282 e. The average Bonchev–Trinajstić information content (AvgIpc) is 3.10. The van der Waals surface area contributed by atoms with Crippen LogP contribution < -0.4 is 10.9 Å². The van der Waals surface area contributed by atoms with Gasteiger partial charge in [0.25, 0.3) is 5.56 Å². The minimum atomic E-state index is -0.610. The van der Waals surface area contributed by atoms with Gasteiger partial charge in [0.2, 0.25) is 11.9 Å². The number of hydrogen-bond acceptors (Lipinski definition) is 7. The van der Waals surface area contributed by atoms with Crippen LogP contribution in [0.1, 0.15) is 39.8 Å². The maximum absolute atomic E-state index is 12.1. The van der Waals surface area contributed by atoms with Gasteiger partial charge in [-0.05, 0) is 6.42 Å². The van der Waals surface area contributed by atoms with E-state index in [9.17, 15) is 14.7 Å². The van der Waals surface area contributed by atoms with Gasteiger partial charge in [-0.3, -0.25) is 19.9 Å². The first kappa shape index (κ1) is 16.5. The molecule has 1 aliphatic heterocycles. The fourth-order valence-electron chi connectivity index (χ4n) is 2.59. The van der Waals surface area contributed by atoms with Crippen molar-refractivity contribution in [2.24, 2.45) is 5.92 Å². The van der Waals surface area contributed by atoms with Crippen LogP contribution in [-0.2, 0) is 9.53 Å². The SMILES string of the molecule is CC[C@H]1O[C@@H](n2nnc3c(=O)[nH]c(NC(=O)C(C)C)nc32)C[C@@H]1O. The van der Waals surface area contributed by atoms with Gasteiger partial charge in [0.1, 0.15) is 0 Å². The van der Waals surface area contributed by atoms with Gasteiger partial charge in [0, 0.05) is 12.3 Å². The van der Waals surface area contributed by atoms with Crippen LogP contribution in [0, 0.1) is 5.92 Å². The molecule has 0 radical (unpaired) electrons. The van der Waals surface area contributed by atoms with Crippen molar-refractivity contribution in [2.45, 2.75) is 52.0 Å². The van der Waals surface area contributed by atoms with E-state index in [-0.39, 0.29) is 35.0 Å². The van der Waals surface area contributed by atoms with Crippen molar-refractivity contribution in [1.29, 1.82) is 0 Å². The molecule has 2 aromatic rings. The Balaban J connectivity index is 1.97. The summed E-state index contributed by atoms with van der Waals surface area (Å²) in [6.07, 6.45) is -0.469. The highest BCUT2D eigenvalue weighted by Gasteiger charge is 2.35. The number of nitrogens with one attached hydrogen (secondary N) is 2. The summed E-state index contributed by atoms with van der Waals surface area (Å²) in [6.45, 7) is 5.38. The molecule has 10 heteroatoms. The number of aromatic amines is 1. The predicted octanol–water partition coefficient (Wildman–Crippen LogP) is 0.167. The van der Waals surface area contributed by atoms with Crippen LogP contribution in [0.25, 0.3) is 11.2 Å². The van der Waals surface area contributed by atoms with Gasteiger partial charge in [-0.15, -0.1) is 5.10 Å². The number of hydrogen-bond donors (Lipinski definition) is 3. The molecule has 1 aliphatic rings. The van der Waals surface area contributed by atoms with Crippen LogP contribution in [0.5, 0.6) is 0 Å². The summed E-state index contributed by atoms with van der Waals surface area (Å²) in [7, 11) is 0. The number of ether oxygens (including phenoxy) is 1. The van der Waals surface area contributed by atoms with Crippen molar-refractivity contribution in [3.05, 3.63) is 10.4 Å². The Kier molecular flexibility index (Phi) is 4.33. The highest BCUT2D eigenvalue weighted by molar-refractivity contribution is 5.90. The lowest BCUT2D eigenvalue weighted by molar-refractivity contribution is -0.118. The van der Waals surface area contributed by atoms with Crippen LogP contribution >= 0.6 is 0 Å². The molecule has 0 aromatic carbocycles. The van der Waals surface area contributed by atoms with E-state index < -0.39 is 17.9 Å². The lowest BCUT2D eigenvalue weighted by Crippen LogP contribution is -2.22. The monoisotopic (exact) mass is 336 g/mol. The zero-order valence-electron chi connectivity index (χ0n) is 13.7. The Bertz CT molecular complexity index is 813. The van der Waals surface area contributed by atoms with Crippen molar-refractivity contribution in [1.82, 2.24) is 25.0 Å². The minimum Gasteiger partial charge on any atom is -0.390 e. The fraction of sp³-hybridized carbons (Fsp3) is 0.643. The molecule has 1 saturated heterocycles. The van der Waals surface area contributed by atoms with Crippen LogP contribution in [0.4, 0.5) is 5.95 Å². The third-order valence-corrected chi connectivity index (χ3v) is 3.98. The first-order chi connectivity index (χ1) is 11.4. The summed E-state index contributed by atoms with van der Waals surface area (Å²) >= 11 is 0. The quantitative estimate of drug-likeness (QED) is 0.724. The molecule has 3 N–H and O–H groups in total. The van der Waals surface area contributed by atoms with Crippen molar-refractivity contribution in [3.8, 4) is 0 Å². The molecule has 24 heavy (non-hydrogen) atoms. The molecule has 1 fully saturated rings. The van der Waals surface area contributed by atoms with E-state index in [1.165, 1.54) is 4.68 Å². The number of rotatable bonds is 4. The molecule has 0 unspecified atom stereocenters. The zero-order valence-corrected chi connectivity index (χ0v) is 13.7. The second-order valence-electron chi connectivity index (χ2n) is 6.11. The number of aliphatic hydroxyl groups excluding tert-OH is 1. The standard InChI is InChI=1S/C14H20N6O4/c1-4-8-7(21)5-9(24-8)20-11-10(18-19-20)13(23)17-14(15-11)16-12(22)6(2)3/h6-9,21H,4-5H2,1-3H3,(H2,15,16,17,22,23)/t7-,8+,9+/m0/s1. The van der Waals surface area contributed by atoms with Crippen molar-refractivity contribution in [3.63, 3.8) is 0 Å². The molecule has 0 bridgehead atoms. The molecule has 3 atom stereocenters.